The fourth-order valence-electron chi connectivity index (χ4n) is 1.92. The van der Waals surface area contributed by atoms with Crippen molar-refractivity contribution in [3.05, 3.63) is 46.5 Å². The molecule has 0 atom stereocenters. The van der Waals surface area contributed by atoms with Crippen LogP contribution in [0.4, 0.5) is 0 Å². The summed E-state index contributed by atoms with van der Waals surface area (Å²) >= 11 is 0. The van der Waals surface area contributed by atoms with Crippen LogP contribution < -0.4 is 11.3 Å². The van der Waals surface area contributed by atoms with E-state index < -0.39 is 5.54 Å². The normalized spacial score (nSPS) is 12.0. The van der Waals surface area contributed by atoms with E-state index >= 15 is 0 Å². The molecule has 0 fully saturated rings. The first-order valence-corrected chi connectivity index (χ1v) is 6.47. The minimum absolute atomic E-state index is 0.139. The lowest BCUT2D eigenvalue weighted by Gasteiger charge is -2.13. The molecule has 2 heterocycles. The number of nitrogens with zero attached hydrogens (tertiary/aromatic N) is 6. The smallest absolute Gasteiger partial charge is 0.279 e. The van der Waals surface area contributed by atoms with Crippen molar-refractivity contribution in [2.75, 3.05) is 0 Å². The van der Waals surface area contributed by atoms with E-state index in [2.05, 4.69) is 20.6 Å². The second-order valence-electron chi connectivity index (χ2n) is 5.42. The molecule has 2 aromatic heterocycles. The van der Waals surface area contributed by atoms with Crippen LogP contribution in [-0.4, -0.2) is 30.0 Å². The van der Waals surface area contributed by atoms with Gasteiger partial charge in [0.2, 0.25) is 0 Å². The topological polar surface area (TPSA) is 105 Å². The molecule has 0 amide bonds. The first kappa shape index (κ1) is 13.4. The first-order chi connectivity index (χ1) is 9.95. The lowest BCUT2D eigenvalue weighted by atomic mass is 10.0. The van der Waals surface area contributed by atoms with Gasteiger partial charge in [-0.2, -0.15) is 4.68 Å². The lowest BCUT2D eigenvalue weighted by Crippen LogP contribution is -2.29. The number of aromatic nitrogens is 6. The molecule has 3 aromatic rings. The van der Waals surface area contributed by atoms with E-state index in [1.165, 1.54) is 9.36 Å². The van der Waals surface area contributed by atoms with E-state index in [9.17, 15) is 4.79 Å². The summed E-state index contributed by atoms with van der Waals surface area (Å²) in [5.41, 5.74) is 6.37. The predicted octanol–water partition coefficient (Wildman–Crippen LogP) is 0.0826. The molecular weight excluding hydrogens is 270 g/mol. The molecule has 3 rings (SSSR count). The highest BCUT2D eigenvalue weighted by atomic mass is 16.1. The summed E-state index contributed by atoms with van der Waals surface area (Å²) in [7, 11) is 0. The van der Waals surface area contributed by atoms with Gasteiger partial charge < -0.3 is 5.73 Å². The molecule has 0 saturated heterocycles. The molecule has 0 aliphatic heterocycles. The maximum absolute atomic E-state index is 12.3. The van der Waals surface area contributed by atoms with Gasteiger partial charge in [0.1, 0.15) is 17.9 Å². The zero-order valence-corrected chi connectivity index (χ0v) is 11.8. The number of hydrogen-bond donors (Lipinski definition) is 1. The van der Waals surface area contributed by atoms with E-state index in [1.54, 1.807) is 24.4 Å². The molecule has 8 nitrogen and oxygen atoms in total. The Morgan fingerprint density at radius 2 is 1.95 bits per heavy atom. The van der Waals surface area contributed by atoms with E-state index in [1.807, 2.05) is 19.9 Å². The molecule has 1 aromatic carbocycles. The second-order valence-corrected chi connectivity index (χ2v) is 5.42. The standard InChI is InChI=1S/C13H15N7O/c1-13(2,14)11-7-19(17-16-11)8-20-12(21)9-5-3-4-6-10(9)15-18-20/h3-7H,8,14H2,1-2H3. The molecular formula is C13H15N7O. The highest BCUT2D eigenvalue weighted by Gasteiger charge is 2.18. The van der Waals surface area contributed by atoms with Gasteiger partial charge in [-0.3, -0.25) is 4.79 Å². The molecule has 8 heteroatoms. The van der Waals surface area contributed by atoms with Crippen molar-refractivity contribution >= 4 is 10.9 Å². The van der Waals surface area contributed by atoms with Crippen LogP contribution in [0.5, 0.6) is 0 Å². The van der Waals surface area contributed by atoms with Crippen LogP contribution in [0.3, 0.4) is 0 Å². The minimum atomic E-state index is -0.585. The van der Waals surface area contributed by atoms with Crippen molar-refractivity contribution in [1.82, 2.24) is 30.0 Å². The molecule has 2 N–H and O–H groups in total. The third kappa shape index (κ3) is 2.52. The largest absolute Gasteiger partial charge is 0.320 e. The fraction of sp³-hybridized carbons (Fsp3) is 0.308. The number of rotatable bonds is 3. The second kappa shape index (κ2) is 4.74. The Kier molecular flexibility index (Phi) is 3.02. The summed E-state index contributed by atoms with van der Waals surface area (Å²) in [6.45, 7) is 3.81. The molecule has 0 aliphatic carbocycles. The van der Waals surface area contributed by atoms with Crippen molar-refractivity contribution in [2.24, 2.45) is 5.73 Å². The van der Waals surface area contributed by atoms with E-state index in [4.69, 9.17) is 5.73 Å². The van der Waals surface area contributed by atoms with Gasteiger partial charge in [-0.1, -0.05) is 22.6 Å². The number of nitrogens with two attached hydrogens (primary N) is 1. The summed E-state index contributed by atoms with van der Waals surface area (Å²) in [5.74, 6) is 0. The van der Waals surface area contributed by atoms with Gasteiger partial charge in [-0.25, -0.2) is 4.68 Å². The van der Waals surface area contributed by atoms with Crippen LogP contribution in [0, 0.1) is 0 Å². The number of hydrogen-bond acceptors (Lipinski definition) is 6. The predicted molar refractivity (Wildman–Crippen MR) is 76.4 cm³/mol. The van der Waals surface area contributed by atoms with Crippen molar-refractivity contribution in [2.45, 2.75) is 26.1 Å². The molecule has 21 heavy (non-hydrogen) atoms. The summed E-state index contributed by atoms with van der Waals surface area (Å²) in [6.07, 6.45) is 1.70. The van der Waals surface area contributed by atoms with Crippen LogP contribution in [0.15, 0.2) is 35.3 Å². The first-order valence-electron chi connectivity index (χ1n) is 6.47. The Morgan fingerprint density at radius 1 is 1.19 bits per heavy atom. The highest BCUT2D eigenvalue weighted by Crippen LogP contribution is 2.12. The maximum atomic E-state index is 12.3. The van der Waals surface area contributed by atoms with E-state index in [0.29, 0.717) is 16.6 Å². The van der Waals surface area contributed by atoms with Crippen LogP contribution in [0.2, 0.25) is 0 Å². The summed E-state index contributed by atoms with van der Waals surface area (Å²) in [6, 6.07) is 7.07. The van der Waals surface area contributed by atoms with Crippen LogP contribution in [0.1, 0.15) is 19.5 Å². The van der Waals surface area contributed by atoms with Gasteiger partial charge in [0, 0.05) is 0 Å². The van der Waals surface area contributed by atoms with Gasteiger partial charge in [-0.15, -0.1) is 10.2 Å². The van der Waals surface area contributed by atoms with Crippen LogP contribution in [0.25, 0.3) is 10.9 Å². The Morgan fingerprint density at radius 3 is 2.67 bits per heavy atom. The van der Waals surface area contributed by atoms with Crippen LogP contribution >= 0.6 is 0 Å². The number of fused-ring (bicyclic) bond motifs is 1. The Hall–Kier alpha value is -2.61. The molecule has 0 aliphatic rings. The van der Waals surface area contributed by atoms with Crippen molar-refractivity contribution in [3.8, 4) is 0 Å². The lowest BCUT2D eigenvalue weighted by molar-refractivity contribution is 0.456. The van der Waals surface area contributed by atoms with Crippen molar-refractivity contribution in [1.29, 1.82) is 0 Å². The van der Waals surface area contributed by atoms with Crippen LogP contribution in [-0.2, 0) is 12.2 Å². The van der Waals surface area contributed by atoms with E-state index in [0.717, 1.165) is 0 Å². The fourth-order valence-corrected chi connectivity index (χ4v) is 1.92. The molecule has 108 valence electrons. The SMILES string of the molecule is CC(C)(N)c1cn(Cn2nnc3ccccc3c2=O)nn1. The maximum Gasteiger partial charge on any atom is 0.279 e. The van der Waals surface area contributed by atoms with Crippen molar-refractivity contribution < 1.29 is 0 Å². The van der Waals surface area contributed by atoms with Gasteiger partial charge in [-0.05, 0) is 26.0 Å². The summed E-state index contributed by atoms with van der Waals surface area (Å²) < 4.78 is 2.75. The Labute approximate surface area is 120 Å². The zero-order valence-electron chi connectivity index (χ0n) is 11.8. The van der Waals surface area contributed by atoms with Gasteiger partial charge in [0.25, 0.3) is 5.56 Å². The van der Waals surface area contributed by atoms with Gasteiger partial charge >= 0.3 is 0 Å². The Bertz CT molecular complexity index is 843. The van der Waals surface area contributed by atoms with Gasteiger partial charge in [0.05, 0.1) is 17.1 Å². The molecule has 0 radical (unpaired) electrons. The monoisotopic (exact) mass is 285 g/mol. The molecule has 0 spiro atoms. The average Bonchev–Trinajstić information content (AvgIpc) is 2.91. The summed E-state index contributed by atoms with van der Waals surface area (Å²) in [5, 5.41) is 16.4. The zero-order chi connectivity index (χ0) is 15.0. The third-order valence-corrected chi connectivity index (χ3v) is 3.11. The Balaban J connectivity index is 1.97. The molecule has 0 unspecified atom stereocenters. The third-order valence-electron chi connectivity index (χ3n) is 3.11. The minimum Gasteiger partial charge on any atom is -0.320 e. The molecule has 0 bridgehead atoms. The molecule has 0 saturated carbocycles. The number of benzene rings is 1. The highest BCUT2D eigenvalue weighted by molar-refractivity contribution is 5.76. The van der Waals surface area contributed by atoms with Crippen molar-refractivity contribution in [3.63, 3.8) is 0 Å². The van der Waals surface area contributed by atoms with E-state index in [-0.39, 0.29) is 12.2 Å². The summed E-state index contributed by atoms with van der Waals surface area (Å²) in [4.78, 5) is 12.3. The van der Waals surface area contributed by atoms with Gasteiger partial charge in [0.15, 0.2) is 0 Å². The quantitative estimate of drug-likeness (QED) is 0.731. The average molecular weight is 285 g/mol.